The first-order valence-electron chi connectivity index (χ1n) is 9.10. The van der Waals surface area contributed by atoms with Gasteiger partial charge in [0, 0.05) is 24.2 Å². The maximum absolute atomic E-state index is 12.7. The minimum absolute atomic E-state index is 0.300. The molecule has 0 saturated carbocycles. The summed E-state index contributed by atoms with van der Waals surface area (Å²) in [4.78, 5) is 32.4. The lowest BCUT2D eigenvalue weighted by molar-refractivity contribution is 0.188. The van der Waals surface area contributed by atoms with Crippen molar-refractivity contribution >= 4 is 22.8 Å². The molecule has 8 heteroatoms. The molecule has 0 spiro atoms. The quantitative estimate of drug-likeness (QED) is 0.530. The van der Waals surface area contributed by atoms with Crippen molar-refractivity contribution in [3.8, 4) is 11.4 Å². The van der Waals surface area contributed by atoms with Gasteiger partial charge in [-0.25, -0.2) is 9.78 Å². The highest BCUT2D eigenvalue weighted by Crippen LogP contribution is 2.24. The molecule has 0 aliphatic heterocycles. The van der Waals surface area contributed by atoms with E-state index in [1.807, 2.05) is 42.5 Å². The van der Waals surface area contributed by atoms with E-state index in [1.165, 1.54) is 4.57 Å². The molecule has 4 rings (SSSR count). The summed E-state index contributed by atoms with van der Waals surface area (Å²) >= 11 is 6.02. The molecule has 2 heterocycles. The Labute approximate surface area is 171 Å². The molecule has 0 saturated heterocycles. The number of nitrogens with one attached hydrogen (secondary N) is 1. The average molecular weight is 411 g/mol. The Bertz CT molecular complexity index is 1260. The fourth-order valence-corrected chi connectivity index (χ4v) is 3.43. The Morgan fingerprint density at radius 1 is 1.03 bits per heavy atom. The van der Waals surface area contributed by atoms with Gasteiger partial charge in [0.25, 0.3) is 5.56 Å². The molecule has 148 valence electrons. The number of imidazole rings is 1. The van der Waals surface area contributed by atoms with Gasteiger partial charge < -0.3 is 9.30 Å². The summed E-state index contributed by atoms with van der Waals surface area (Å²) in [5, 5.41) is 0.604. The Morgan fingerprint density at radius 2 is 1.76 bits per heavy atom. The third-order valence-corrected chi connectivity index (χ3v) is 4.94. The summed E-state index contributed by atoms with van der Waals surface area (Å²) in [5.74, 6) is 0.576. The van der Waals surface area contributed by atoms with Crippen LogP contribution in [0, 0.1) is 0 Å². The fraction of sp³-hybridized carbons (Fsp3) is 0.190. The topological polar surface area (TPSA) is 81.9 Å². The van der Waals surface area contributed by atoms with E-state index in [0.717, 1.165) is 11.1 Å². The van der Waals surface area contributed by atoms with E-state index in [1.54, 1.807) is 23.8 Å². The smallest absolute Gasteiger partial charge is 0.330 e. The van der Waals surface area contributed by atoms with E-state index in [4.69, 9.17) is 21.3 Å². The molecular weight excluding hydrogens is 392 g/mol. The summed E-state index contributed by atoms with van der Waals surface area (Å²) in [7, 11) is 1.59. The van der Waals surface area contributed by atoms with Crippen LogP contribution in [0.4, 0.5) is 0 Å². The van der Waals surface area contributed by atoms with Gasteiger partial charge in [0.05, 0.1) is 13.2 Å². The number of aromatic amines is 1. The molecule has 0 atom stereocenters. The molecule has 0 bridgehead atoms. The lowest BCUT2D eigenvalue weighted by Crippen LogP contribution is -2.31. The van der Waals surface area contributed by atoms with Gasteiger partial charge in [-0.3, -0.25) is 14.3 Å². The van der Waals surface area contributed by atoms with Crippen molar-refractivity contribution in [2.24, 2.45) is 0 Å². The Morgan fingerprint density at radius 3 is 2.45 bits per heavy atom. The van der Waals surface area contributed by atoms with Crippen LogP contribution in [0.3, 0.4) is 0 Å². The molecule has 0 aliphatic carbocycles. The average Bonchev–Trinajstić information content (AvgIpc) is 3.10. The van der Waals surface area contributed by atoms with Crippen molar-refractivity contribution in [3.05, 3.63) is 86.0 Å². The van der Waals surface area contributed by atoms with Crippen LogP contribution >= 0.6 is 11.6 Å². The van der Waals surface area contributed by atoms with E-state index in [0.29, 0.717) is 41.7 Å². The van der Waals surface area contributed by atoms with E-state index >= 15 is 0 Å². The number of hydrogen-bond donors (Lipinski definition) is 1. The molecule has 0 fully saturated rings. The molecule has 2 aromatic carbocycles. The summed E-state index contributed by atoms with van der Waals surface area (Å²) < 4.78 is 8.47. The van der Waals surface area contributed by atoms with E-state index in [2.05, 4.69) is 4.98 Å². The number of methoxy groups -OCH3 is 1. The number of nitrogens with zero attached hydrogens (tertiary/aromatic N) is 3. The highest BCUT2D eigenvalue weighted by Gasteiger charge is 2.19. The number of benzene rings is 2. The first-order valence-corrected chi connectivity index (χ1v) is 9.48. The van der Waals surface area contributed by atoms with Crippen LogP contribution in [0.25, 0.3) is 22.6 Å². The van der Waals surface area contributed by atoms with Gasteiger partial charge in [-0.15, -0.1) is 0 Å². The maximum Gasteiger partial charge on any atom is 0.330 e. The monoisotopic (exact) mass is 410 g/mol. The number of halogens is 1. The highest BCUT2D eigenvalue weighted by atomic mass is 35.5. The second-order valence-corrected chi connectivity index (χ2v) is 7.03. The fourth-order valence-electron chi connectivity index (χ4n) is 3.30. The Hall–Kier alpha value is -3.16. The molecule has 2 aromatic heterocycles. The van der Waals surface area contributed by atoms with Gasteiger partial charge in [-0.1, -0.05) is 41.9 Å². The number of rotatable bonds is 6. The minimum Gasteiger partial charge on any atom is -0.383 e. The lowest BCUT2D eigenvalue weighted by atomic mass is 10.2. The van der Waals surface area contributed by atoms with E-state index in [-0.39, 0.29) is 0 Å². The molecule has 7 nitrogen and oxygen atoms in total. The molecule has 29 heavy (non-hydrogen) atoms. The predicted octanol–water partition coefficient (Wildman–Crippen LogP) is 2.90. The van der Waals surface area contributed by atoms with Crippen molar-refractivity contribution in [3.63, 3.8) is 0 Å². The lowest BCUT2D eigenvalue weighted by Gasteiger charge is -2.09. The zero-order chi connectivity index (χ0) is 20.4. The Kier molecular flexibility index (Phi) is 5.33. The van der Waals surface area contributed by atoms with Gasteiger partial charge >= 0.3 is 5.69 Å². The first kappa shape index (κ1) is 19.2. The third kappa shape index (κ3) is 3.74. The number of H-pyrrole nitrogens is 1. The van der Waals surface area contributed by atoms with Gasteiger partial charge in [0.15, 0.2) is 11.2 Å². The molecule has 0 aliphatic rings. The van der Waals surface area contributed by atoms with Crippen molar-refractivity contribution in [1.29, 1.82) is 0 Å². The molecule has 0 unspecified atom stereocenters. The standard InChI is InChI=1S/C21H19ClN4O3/c1-29-12-11-25-17-19(23-18(25)15-7-9-16(22)10-8-15)26(21(28)24-20(17)27)13-14-5-3-2-4-6-14/h2-10H,11-13H2,1H3,(H,24,27,28). The maximum atomic E-state index is 12.7. The number of aromatic nitrogens is 4. The first-order chi connectivity index (χ1) is 14.1. The van der Waals surface area contributed by atoms with Crippen molar-refractivity contribution < 1.29 is 4.74 Å². The Balaban J connectivity index is 1.97. The second kappa shape index (κ2) is 8.06. The molecule has 0 radical (unpaired) electrons. The number of fused-ring (bicyclic) bond motifs is 1. The molecule has 1 N–H and O–H groups in total. The second-order valence-electron chi connectivity index (χ2n) is 6.59. The van der Waals surface area contributed by atoms with Gasteiger partial charge in [-0.05, 0) is 29.8 Å². The SMILES string of the molecule is COCCn1c(-c2ccc(Cl)cc2)nc2c1c(=O)[nH]c(=O)n2Cc1ccccc1. The molecular formula is C21H19ClN4O3. The zero-order valence-corrected chi connectivity index (χ0v) is 16.5. The summed E-state index contributed by atoms with van der Waals surface area (Å²) in [5.41, 5.74) is 1.43. The van der Waals surface area contributed by atoms with Crippen molar-refractivity contribution in [1.82, 2.24) is 19.1 Å². The van der Waals surface area contributed by atoms with Crippen LogP contribution in [0.15, 0.2) is 64.2 Å². The van der Waals surface area contributed by atoms with Gasteiger partial charge in [-0.2, -0.15) is 0 Å². The molecule has 0 amide bonds. The van der Waals surface area contributed by atoms with E-state index < -0.39 is 11.2 Å². The van der Waals surface area contributed by atoms with Crippen LogP contribution in [0.5, 0.6) is 0 Å². The zero-order valence-electron chi connectivity index (χ0n) is 15.8. The van der Waals surface area contributed by atoms with Crippen LogP contribution in [0.1, 0.15) is 5.56 Å². The van der Waals surface area contributed by atoms with Crippen LogP contribution in [-0.2, 0) is 17.8 Å². The predicted molar refractivity (Wildman–Crippen MR) is 112 cm³/mol. The van der Waals surface area contributed by atoms with Crippen LogP contribution < -0.4 is 11.2 Å². The summed E-state index contributed by atoms with van der Waals surface area (Å²) in [6.07, 6.45) is 0. The number of hydrogen-bond acceptors (Lipinski definition) is 4. The normalized spacial score (nSPS) is 11.2. The van der Waals surface area contributed by atoms with Crippen molar-refractivity contribution in [2.75, 3.05) is 13.7 Å². The minimum atomic E-state index is -0.495. The highest BCUT2D eigenvalue weighted by molar-refractivity contribution is 6.30. The van der Waals surface area contributed by atoms with Crippen LogP contribution in [0.2, 0.25) is 5.02 Å². The van der Waals surface area contributed by atoms with Crippen molar-refractivity contribution in [2.45, 2.75) is 13.1 Å². The molecule has 4 aromatic rings. The third-order valence-electron chi connectivity index (χ3n) is 4.69. The largest absolute Gasteiger partial charge is 0.383 e. The van der Waals surface area contributed by atoms with Crippen LogP contribution in [-0.4, -0.2) is 32.8 Å². The van der Waals surface area contributed by atoms with E-state index in [9.17, 15) is 9.59 Å². The number of ether oxygens (including phenoxy) is 1. The summed E-state index contributed by atoms with van der Waals surface area (Å²) in [6, 6.07) is 16.8. The summed E-state index contributed by atoms with van der Waals surface area (Å²) in [6.45, 7) is 1.11. The van der Waals surface area contributed by atoms with Gasteiger partial charge in [0.1, 0.15) is 5.82 Å². The van der Waals surface area contributed by atoms with Gasteiger partial charge in [0.2, 0.25) is 0 Å².